The van der Waals surface area contributed by atoms with E-state index in [0.29, 0.717) is 13.2 Å². The van der Waals surface area contributed by atoms with Crippen LogP contribution in [0, 0.1) is 0 Å². The van der Waals surface area contributed by atoms with E-state index in [1.807, 2.05) is 6.92 Å². The molecule has 18 heavy (non-hydrogen) atoms. The van der Waals surface area contributed by atoms with Crippen LogP contribution in [-0.2, 0) is 9.47 Å². The summed E-state index contributed by atoms with van der Waals surface area (Å²) in [7, 11) is 0. The first-order valence-electron chi connectivity index (χ1n) is 7.25. The summed E-state index contributed by atoms with van der Waals surface area (Å²) in [5, 5.41) is 12.8. The van der Waals surface area contributed by atoms with E-state index in [0.717, 1.165) is 32.4 Å². The fourth-order valence-corrected chi connectivity index (χ4v) is 2.10. The van der Waals surface area contributed by atoms with Gasteiger partial charge in [0.2, 0.25) is 0 Å². The highest BCUT2D eigenvalue weighted by Crippen LogP contribution is 2.14. The van der Waals surface area contributed by atoms with Gasteiger partial charge in [-0.3, -0.25) is 0 Å². The Morgan fingerprint density at radius 2 is 2.28 bits per heavy atom. The molecule has 1 rings (SSSR count). The third kappa shape index (κ3) is 6.14. The van der Waals surface area contributed by atoms with Crippen molar-refractivity contribution >= 4 is 0 Å². The topological polar surface area (TPSA) is 50.7 Å². The second-order valence-corrected chi connectivity index (χ2v) is 5.46. The summed E-state index contributed by atoms with van der Waals surface area (Å²) in [4.78, 5) is 0. The van der Waals surface area contributed by atoms with Gasteiger partial charge < -0.3 is 19.9 Å². The molecule has 108 valence electrons. The van der Waals surface area contributed by atoms with Crippen LogP contribution >= 0.6 is 0 Å². The lowest BCUT2D eigenvalue weighted by Crippen LogP contribution is -2.47. The third-order valence-corrected chi connectivity index (χ3v) is 3.53. The minimum Gasteiger partial charge on any atom is -0.394 e. The van der Waals surface area contributed by atoms with Crippen LogP contribution in [0.5, 0.6) is 0 Å². The molecule has 1 saturated heterocycles. The molecule has 1 aliphatic rings. The van der Waals surface area contributed by atoms with Crippen molar-refractivity contribution in [3.05, 3.63) is 0 Å². The van der Waals surface area contributed by atoms with E-state index in [1.54, 1.807) is 0 Å². The average molecular weight is 259 g/mol. The van der Waals surface area contributed by atoms with Crippen molar-refractivity contribution in [2.24, 2.45) is 0 Å². The van der Waals surface area contributed by atoms with Crippen molar-refractivity contribution in [3.63, 3.8) is 0 Å². The summed E-state index contributed by atoms with van der Waals surface area (Å²) in [6, 6.07) is 0. The van der Waals surface area contributed by atoms with Crippen LogP contribution < -0.4 is 5.32 Å². The van der Waals surface area contributed by atoms with Crippen molar-refractivity contribution in [2.75, 3.05) is 33.0 Å². The van der Waals surface area contributed by atoms with E-state index in [1.165, 1.54) is 12.8 Å². The van der Waals surface area contributed by atoms with E-state index >= 15 is 0 Å². The number of aliphatic hydroxyl groups excluding tert-OH is 1. The summed E-state index contributed by atoms with van der Waals surface area (Å²) >= 11 is 0. The van der Waals surface area contributed by atoms with Gasteiger partial charge in [0.25, 0.3) is 0 Å². The molecule has 0 aromatic rings. The molecule has 1 heterocycles. The standard InChI is InChI=1S/C14H29NO3/c1-3-8-15-14(2,12-16)7-10-17-11-13-6-4-5-9-18-13/h13,15-16H,3-12H2,1-2H3. The molecule has 4 heteroatoms. The maximum Gasteiger partial charge on any atom is 0.0808 e. The smallest absolute Gasteiger partial charge is 0.0808 e. The van der Waals surface area contributed by atoms with Crippen molar-refractivity contribution in [1.29, 1.82) is 0 Å². The molecule has 0 amide bonds. The zero-order chi connectivity index (χ0) is 13.3. The molecule has 1 aliphatic heterocycles. The molecule has 2 atom stereocenters. The molecule has 0 spiro atoms. The largest absolute Gasteiger partial charge is 0.394 e. The lowest BCUT2D eigenvalue weighted by molar-refractivity contribution is -0.0445. The van der Waals surface area contributed by atoms with E-state index in [9.17, 15) is 5.11 Å². The Kier molecular flexibility index (Phi) is 7.82. The molecule has 0 saturated carbocycles. The second kappa shape index (κ2) is 8.86. The van der Waals surface area contributed by atoms with E-state index in [2.05, 4.69) is 12.2 Å². The lowest BCUT2D eigenvalue weighted by Gasteiger charge is -2.29. The van der Waals surface area contributed by atoms with Gasteiger partial charge in [-0.25, -0.2) is 0 Å². The summed E-state index contributed by atoms with van der Waals surface area (Å²) < 4.78 is 11.3. The molecule has 0 aliphatic carbocycles. The van der Waals surface area contributed by atoms with Crippen LogP contribution in [0.25, 0.3) is 0 Å². The van der Waals surface area contributed by atoms with Crippen LogP contribution in [0.1, 0.15) is 46.0 Å². The quantitative estimate of drug-likeness (QED) is 0.619. The molecule has 2 N–H and O–H groups in total. The minimum absolute atomic E-state index is 0.149. The fraction of sp³-hybridized carbons (Fsp3) is 1.00. The Morgan fingerprint density at radius 1 is 1.44 bits per heavy atom. The first kappa shape index (κ1) is 15.9. The number of ether oxygens (including phenoxy) is 2. The van der Waals surface area contributed by atoms with Crippen molar-refractivity contribution in [2.45, 2.75) is 57.6 Å². The normalized spacial score (nSPS) is 23.8. The monoisotopic (exact) mass is 259 g/mol. The van der Waals surface area contributed by atoms with E-state index < -0.39 is 0 Å². The van der Waals surface area contributed by atoms with Gasteiger partial charge in [0.1, 0.15) is 0 Å². The van der Waals surface area contributed by atoms with Gasteiger partial charge >= 0.3 is 0 Å². The highest BCUT2D eigenvalue weighted by molar-refractivity contribution is 4.81. The van der Waals surface area contributed by atoms with Crippen molar-refractivity contribution in [1.82, 2.24) is 5.32 Å². The van der Waals surface area contributed by atoms with Crippen LogP contribution in [0.4, 0.5) is 0 Å². The first-order chi connectivity index (χ1) is 8.70. The SMILES string of the molecule is CCCNC(C)(CO)CCOCC1CCCCO1. The molecule has 2 unspecified atom stereocenters. The predicted octanol–water partition coefficient (Wildman–Crippen LogP) is 1.71. The summed E-state index contributed by atoms with van der Waals surface area (Å²) in [5.74, 6) is 0. The Labute approximate surface area is 111 Å². The van der Waals surface area contributed by atoms with Crippen LogP contribution in [0.3, 0.4) is 0 Å². The summed E-state index contributed by atoms with van der Waals surface area (Å²) in [6.07, 6.45) is 5.73. The van der Waals surface area contributed by atoms with Crippen LogP contribution in [0.15, 0.2) is 0 Å². The van der Waals surface area contributed by atoms with Crippen LogP contribution in [-0.4, -0.2) is 49.7 Å². The van der Waals surface area contributed by atoms with E-state index in [-0.39, 0.29) is 18.2 Å². The number of nitrogens with one attached hydrogen (secondary N) is 1. The third-order valence-electron chi connectivity index (χ3n) is 3.53. The fourth-order valence-electron chi connectivity index (χ4n) is 2.10. The summed E-state index contributed by atoms with van der Waals surface area (Å²) in [6.45, 7) is 7.49. The highest BCUT2D eigenvalue weighted by atomic mass is 16.5. The second-order valence-electron chi connectivity index (χ2n) is 5.46. The molecule has 0 aromatic heterocycles. The zero-order valence-corrected chi connectivity index (χ0v) is 11.9. The lowest BCUT2D eigenvalue weighted by atomic mass is 9.99. The maximum atomic E-state index is 9.42. The van der Waals surface area contributed by atoms with Gasteiger partial charge in [0.05, 0.1) is 19.3 Å². The first-order valence-corrected chi connectivity index (χ1v) is 7.25. The highest BCUT2D eigenvalue weighted by Gasteiger charge is 2.22. The van der Waals surface area contributed by atoms with Gasteiger partial charge in [0, 0.05) is 18.8 Å². The van der Waals surface area contributed by atoms with E-state index in [4.69, 9.17) is 9.47 Å². The van der Waals surface area contributed by atoms with Crippen molar-refractivity contribution < 1.29 is 14.6 Å². The van der Waals surface area contributed by atoms with Crippen molar-refractivity contribution in [3.8, 4) is 0 Å². The summed E-state index contributed by atoms with van der Waals surface area (Å²) in [5.41, 5.74) is -0.219. The number of hydrogen-bond donors (Lipinski definition) is 2. The van der Waals surface area contributed by atoms with Crippen LogP contribution in [0.2, 0.25) is 0 Å². The van der Waals surface area contributed by atoms with Gasteiger partial charge in [0.15, 0.2) is 0 Å². The number of hydrogen-bond acceptors (Lipinski definition) is 4. The minimum atomic E-state index is -0.219. The van der Waals surface area contributed by atoms with Gasteiger partial charge in [-0.05, 0) is 45.6 Å². The predicted molar refractivity (Wildman–Crippen MR) is 72.8 cm³/mol. The maximum absolute atomic E-state index is 9.42. The van der Waals surface area contributed by atoms with Gasteiger partial charge in [-0.1, -0.05) is 6.92 Å². The molecular weight excluding hydrogens is 230 g/mol. The molecule has 1 fully saturated rings. The van der Waals surface area contributed by atoms with Gasteiger partial charge in [-0.2, -0.15) is 0 Å². The molecular formula is C14H29NO3. The molecule has 0 aromatic carbocycles. The molecule has 0 bridgehead atoms. The average Bonchev–Trinajstić information content (AvgIpc) is 2.43. The number of aliphatic hydroxyl groups is 1. The van der Waals surface area contributed by atoms with Gasteiger partial charge in [-0.15, -0.1) is 0 Å². The Hall–Kier alpha value is -0.160. The Morgan fingerprint density at radius 3 is 2.89 bits per heavy atom. The Bertz CT molecular complexity index is 207. The molecule has 4 nitrogen and oxygen atoms in total. The zero-order valence-electron chi connectivity index (χ0n) is 11.9. The Balaban J connectivity index is 2.10. The number of rotatable bonds is 9. The molecule has 0 radical (unpaired) electrons.